The van der Waals surface area contributed by atoms with Crippen molar-refractivity contribution in [2.24, 2.45) is 0 Å². The predicted octanol–water partition coefficient (Wildman–Crippen LogP) is 2.25. The first-order valence-corrected chi connectivity index (χ1v) is 9.67. The molecule has 1 amide bonds. The molecule has 0 fully saturated rings. The van der Waals surface area contributed by atoms with Gasteiger partial charge >= 0.3 is 5.97 Å². The zero-order valence-corrected chi connectivity index (χ0v) is 16.3. The van der Waals surface area contributed by atoms with Gasteiger partial charge in [-0.25, -0.2) is 13.2 Å². The van der Waals surface area contributed by atoms with E-state index in [2.05, 4.69) is 5.32 Å². The molecule has 0 atom stereocenters. The number of amides is 1. The van der Waals surface area contributed by atoms with Gasteiger partial charge < -0.3 is 14.8 Å². The number of rotatable bonds is 7. The molecule has 27 heavy (non-hydrogen) atoms. The van der Waals surface area contributed by atoms with E-state index in [0.717, 1.165) is 0 Å². The van der Waals surface area contributed by atoms with E-state index in [0.29, 0.717) is 5.76 Å². The van der Waals surface area contributed by atoms with Crippen molar-refractivity contribution in [1.82, 2.24) is 9.62 Å². The van der Waals surface area contributed by atoms with Crippen molar-refractivity contribution in [3.8, 4) is 0 Å². The number of furan rings is 1. The van der Waals surface area contributed by atoms with Crippen molar-refractivity contribution >= 4 is 21.9 Å². The summed E-state index contributed by atoms with van der Waals surface area (Å²) in [5, 5.41) is 11.6. The van der Waals surface area contributed by atoms with Gasteiger partial charge in [-0.2, -0.15) is 4.31 Å². The number of sulfonamides is 1. The number of hydrogen-bond acceptors (Lipinski definition) is 5. The Balaban J connectivity index is 2.08. The highest BCUT2D eigenvalue weighted by molar-refractivity contribution is 7.89. The van der Waals surface area contributed by atoms with Gasteiger partial charge in [0.05, 0.1) is 11.4 Å². The molecule has 0 saturated heterocycles. The molecular weight excluding hydrogens is 372 g/mol. The molecule has 1 aromatic heterocycles. The van der Waals surface area contributed by atoms with Crippen molar-refractivity contribution in [3.63, 3.8) is 0 Å². The molecule has 9 heteroatoms. The van der Waals surface area contributed by atoms with Crippen LogP contribution in [0.1, 0.15) is 46.1 Å². The summed E-state index contributed by atoms with van der Waals surface area (Å²) < 4.78 is 31.4. The lowest BCUT2D eigenvalue weighted by molar-refractivity contribution is 0.0694. The number of aromatic carboxylic acids is 1. The van der Waals surface area contributed by atoms with Crippen LogP contribution in [0.4, 0.5) is 0 Å². The van der Waals surface area contributed by atoms with Crippen molar-refractivity contribution < 1.29 is 27.5 Å². The van der Waals surface area contributed by atoms with E-state index in [1.807, 2.05) is 0 Å². The van der Waals surface area contributed by atoms with E-state index < -0.39 is 21.9 Å². The first-order chi connectivity index (χ1) is 12.5. The minimum Gasteiger partial charge on any atom is -0.478 e. The molecule has 1 heterocycles. The Hall–Kier alpha value is -2.65. The number of carbonyl (C=O) groups excluding carboxylic acids is 1. The lowest BCUT2D eigenvalue weighted by atomic mass is 10.2. The Morgan fingerprint density at radius 2 is 1.81 bits per heavy atom. The molecule has 0 spiro atoms. The zero-order valence-electron chi connectivity index (χ0n) is 15.5. The second kappa shape index (κ2) is 7.93. The molecule has 0 radical (unpaired) electrons. The summed E-state index contributed by atoms with van der Waals surface area (Å²) in [5.41, 5.74) is 0.325. The molecule has 0 aliphatic carbocycles. The summed E-state index contributed by atoms with van der Waals surface area (Å²) in [4.78, 5) is 23.3. The van der Waals surface area contributed by atoms with Crippen LogP contribution >= 0.6 is 0 Å². The molecule has 2 N–H and O–H groups in total. The molecule has 0 bridgehead atoms. The SMILES string of the molecule is Cc1oc(CNC(=O)c2ccc(S(=O)(=O)N(C)C(C)C)cc2)cc1C(=O)O. The van der Waals surface area contributed by atoms with Gasteiger partial charge in [0, 0.05) is 18.7 Å². The molecule has 8 nitrogen and oxygen atoms in total. The molecule has 146 valence electrons. The van der Waals surface area contributed by atoms with Crippen molar-refractivity contribution in [2.45, 2.75) is 38.3 Å². The monoisotopic (exact) mass is 394 g/mol. The largest absolute Gasteiger partial charge is 0.478 e. The standard InChI is InChI=1S/C18H22N2O6S/c1-11(2)20(4)27(24,25)15-7-5-13(6-8-15)17(21)19-10-14-9-16(18(22)23)12(3)26-14/h5-9,11H,10H2,1-4H3,(H,19,21)(H,22,23). The quantitative estimate of drug-likeness (QED) is 0.744. The molecule has 0 aliphatic rings. The molecule has 0 saturated carbocycles. The van der Waals surface area contributed by atoms with Crippen molar-refractivity contribution in [2.75, 3.05) is 7.05 Å². The maximum Gasteiger partial charge on any atom is 0.339 e. The molecule has 2 aromatic rings. The molecule has 0 unspecified atom stereocenters. The van der Waals surface area contributed by atoms with Crippen LogP contribution in [0.2, 0.25) is 0 Å². The highest BCUT2D eigenvalue weighted by atomic mass is 32.2. The van der Waals surface area contributed by atoms with Crippen LogP contribution in [0.15, 0.2) is 39.6 Å². The average Bonchev–Trinajstić information content (AvgIpc) is 3.00. The summed E-state index contributed by atoms with van der Waals surface area (Å²) in [6.07, 6.45) is 0. The van der Waals surface area contributed by atoms with E-state index in [-0.39, 0.29) is 34.4 Å². The number of carboxylic acid groups (broad SMARTS) is 1. The van der Waals surface area contributed by atoms with Gasteiger partial charge in [0.1, 0.15) is 17.1 Å². The van der Waals surface area contributed by atoms with Crippen LogP contribution in [0.25, 0.3) is 0 Å². The third-order valence-corrected chi connectivity index (χ3v) is 6.19. The summed E-state index contributed by atoms with van der Waals surface area (Å²) >= 11 is 0. The molecule has 0 aliphatic heterocycles. The number of aryl methyl sites for hydroxylation is 1. The third kappa shape index (κ3) is 4.55. The maximum atomic E-state index is 12.4. The van der Waals surface area contributed by atoms with Crippen molar-refractivity contribution in [1.29, 1.82) is 0 Å². The fourth-order valence-corrected chi connectivity index (χ4v) is 3.70. The van der Waals surface area contributed by atoms with Crippen LogP contribution in [0, 0.1) is 6.92 Å². The van der Waals surface area contributed by atoms with E-state index in [4.69, 9.17) is 9.52 Å². The predicted molar refractivity (Wildman–Crippen MR) is 98.1 cm³/mol. The van der Waals surface area contributed by atoms with Crippen LogP contribution < -0.4 is 5.32 Å². The van der Waals surface area contributed by atoms with Gasteiger partial charge in [-0.1, -0.05) is 0 Å². The van der Waals surface area contributed by atoms with Crippen LogP contribution in [0.5, 0.6) is 0 Å². The first kappa shape index (κ1) is 20.7. The normalized spacial score (nSPS) is 11.8. The average molecular weight is 394 g/mol. The lowest BCUT2D eigenvalue weighted by Gasteiger charge is -2.21. The van der Waals surface area contributed by atoms with Crippen molar-refractivity contribution in [3.05, 3.63) is 53.0 Å². The summed E-state index contributed by atoms with van der Waals surface area (Å²) in [7, 11) is -2.12. The summed E-state index contributed by atoms with van der Waals surface area (Å²) in [6.45, 7) is 5.09. The Morgan fingerprint density at radius 1 is 1.22 bits per heavy atom. The second-order valence-corrected chi connectivity index (χ2v) is 8.31. The first-order valence-electron chi connectivity index (χ1n) is 8.23. The highest BCUT2D eigenvalue weighted by Gasteiger charge is 2.23. The Labute approximate surface area is 157 Å². The van der Waals surface area contributed by atoms with Crippen LogP contribution in [0.3, 0.4) is 0 Å². The summed E-state index contributed by atoms with van der Waals surface area (Å²) in [6, 6.07) is 6.77. The maximum absolute atomic E-state index is 12.4. The van der Waals surface area contributed by atoms with E-state index in [9.17, 15) is 18.0 Å². The van der Waals surface area contributed by atoms with E-state index >= 15 is 0 Å². The second-order valence-electron chi connectivity index (χ2n) is 6.31. The molecule has 2 rings (SSSR count). The Bertz CT molecular complexity index is 945. The topological polar surface area (TPSA) is 117 Å². The lowest BCUT2D eigenvalue weighted by Crippen LogP contribution is -2.33. The molecule has 1 aromatic carbocycles. The van der Waals surface area contributed by atoms with E-state index in [1.165, 1.54) is 48.6 Å². The number of nitrogens with one attached hydrogen (secondary N) is 1. The third-order valence-electron chi connectivity index (χ3n) is 4.14. The van der Waals surface area contributed by atoms with Gasteiger partial charge in [-0.15, -0.1) is 0 Å². The fraction of sp³-hybridized carbons (Fsp3) is 0.333. The number of hydrogen-bond donors (Lipinski definition) is 2. The number of benzene rings is 1. The zero-order chi connectivity index (χ0) is 20.4. The van der Waals surface area contributed by atoms with Gasteiger partial charge in [0.15, 0.2) is 0 Å². The van der Waals surface area contributed by atoms with Crippen LogP contribution in [-0.2, 0) is 16.6 Å². The van der Waals surface area contributed by atoms with Gasteiger partial charge in [-0.3, -0.25) is 4.79 Å². The van der Waals surface area contributed by atoms with Gasteiger partial charge in [0.2, 0.25) is 10.0 Å². The van der Waals surface area contributed by atoms with Gasteiger partial charge in [-0.05, 0) is 51.1 Å². The van der Waals surface area contributed by atoms with Crippen LogP contribution in [-0.4, -0.2) is 42.8 Å². The number of carboxylic acids is 1. The summed E-state index contributed by atoms with van der Waals surface area (Å²) in [5.74, 6) is -0.953. The smallest absolute Gasteiger partial charge is 0.339 e. The number of nitrogens with zero attached hydrogens (tertiary/aromatic N) is 1. The fourth-order valence-electron chi connectivity index (χ4n) is 2.33. The Kier molecular flexibility index (Phi) is 6.07. The Morgan fingerprint density at radius 3 is 2.30 bits per heavy atom. The minimum atomic E-state index is -3.62. The number of carbonyl (C=O) groups is 2. The van der Waals surface area contributed by atoms with Gasteiger partial charge in [0.25, 0.3) is 5.91 Å². The van der Waals surface area contributed by atoms with E-state index in [1.54, 1.807) is 13.8 Å². The minimum absolute atomic E-state index is 0.0170. The highest BCUT2D eigenvalue weighted by Crippen LogP contribution is 2.18. The molecular formula is C18H22N2O6S.